The minimum atomic E-state index is -0.582. The average molecular weight is 365 g/mol. The molecule has 0 aliphatic carbocycles. The minimum absolute atomic E-state index is 0.0323. The Labute approximate surface area is 153 Å². The van der Waals surface area contributed by atoms with Crippen LogP contribution in [0.25, 0.3) is 5.69 Å². The summed E-state index contributed by atoms with van der Waals surface area (Å²) >= 11 is 0. The number of carbonyl (C=O) groups is 1. The van der Waals surface area contributed by atoms with Crippen LogP contribution in [0.1, 0.15) is 17.7 Å². The molecule has 3 rings (SSSR count). The van der Waals surface area contributed by atoms with Gasteiger partial charge in [0.05, 0.1) is 35.3 Å². The number of nitrogens with zero attached hydrogens (tertiary/aromatic N) is 6. The zero-order chi connectivity index (χ0) is 19.4. The molecular formula is C17H15N7O3. The largest absolute Gasteiger partial charge is 0.390 e. The number of nitro groups is 1. The van der Waals surface area contributed by atoms with E-state index in [2.05, 4.69) is 15.5 Å². The Bertz CT molecular complexity index is 1030. The van der Waals surface area contributed by atoms with E-state index in [-0.39, 0.29) is 36.1 Å². The van der Waals surface area contributed by atoms with E-state index in [4.69, 9.17) is 0 Å². The van der Waals surface area contributed by atoms with Gasteiger partial charge in [-0.3, -0.25) is 4.79 Å². The van der Waals surface area contributed by atoms with Gasteiger partial charge in [-0.05, 0) is 24.0 Å². The van der Waals surface area contributed by atoms with Gasteiger partial charge in [-0.15, -0.1) is 0 Å². The molecule has 0 saturated heterocycles. The van der Waals surface area contributed by atoms with Gasteiger partial charge in [0.1, 0.15) is 11.6 Å². The number of hydrogen-bond acceptors (Lipinski definition) is 6. The summed E-state index contributed by atoms with van der Waals surface area (Å²) < 4.78 is 2.87. The maximum Gasteiger partial charge on any atom is 0.390 e. The summed E-state index contributed by atoms with van der Waals surface area (Å²) in [5.41, 5.74) is 1.52. The van der Waals surface area contributed by atoms with Crippen molar-refractivity contribution in [2.45, 2.75) is 19.9 Å². The maximum absolute atomic E-state index is 12.4. The van der Waals surface area contributed by atoms with Crippen molar-refractivity contribution < 1.29 is 9.72 Å². The summed E-state index contributed by atoms with van der Waals surface area (Å²) in [6.07, 6.45) is 1.41. The van der Waals surface area contributed by atoms with E-state index in [1.54, 1.807) is 19.1 Å². The third-order valence-electron chi connectivity index (χ3n) is 3.85. The predicted octanol–water partition coefficient (Wildman–Crippen LogP) is 2.19. The Morgan fingerprint density at radius 1 is 1.37 bits per heavy atom. The molecule has 0 radical (unpaired) electrons. The summed E-state index contributed by atoms with van der Waals surface area (Å²) in [4.78, 5) is 22.5. The first-order valence-electron chi connectivity index (χ1n) is 8.02. The predicted molar refractivity (Wildman–Crippen MR) is 95.1 cm³/mol. The zero-order valence-electron chi connectivity index (χ0n) is 14.4. The van der Waals surface area contributed by atoms with Crippen LogP contribution >= 0.6 is 0 Å². The van der Waals surface area contributed by atoms with E-state index in [9.17, 15) is 20.2 Å². The van der Waals surface area contributed by atoms with Gasteiger partial charge in [0.15, 0.2) is 5.82 Å². The molecule has 10 nitrogen and oxygen atoms in total. The molecule has 3 aromatic rings. The highest BCUT2D eigenvalue weighted by Crippen LogP contribution is 2.20. The molecule has 1 amide bonds. The van der Waals surface area contributed by atoms with Crippen LogP contribution in [0.4, 0.5) is 11.6 Å². The Balaban J connectivity index is 1.74. The minimum Gasteiger partial charge on any atom is -0.358 e. The lowest BCUT2D eigenvalue weighted by Gasteiger charge is -2.09. The first-order valence-corrected chi connectivity index (χ1v) is 8.02. The van der Waals surface area contributed by atoms with E-state index in [1.807, 2.05) is 24.3 Å². The summed E-state index contributed by atoms with van der Waals surface area (Å²) in [6.45, 7) is 1.85. The molecule has 0 unspecified atom stereocenters. The van der Waals surface area contributed by atoms with Gasteiger partial charge >= 0.3 is 5.82 Å². The molecule has 2 heterocycles. The fourth-order valence-electron chi connectivity index (χ4n) is 2.53. The average Bonchev–Trinajstić information content (AvgIpc) is 3.24. The Hall–Kier alpha value is -4.00. The van der Waals surface area contributed by atoms with Crippen molar-refractivity contribution in [2.24, 2.45) is 0 Å². The van der Waals surface area contributed by atoms with Crippen LogP contribution in [0.3, 0.4) is 0 Å². The van der Waals surface area contributed by atoms with E-state index in [0.717, 1.165) is 0 Å². The van der Waals surface area contributed by atoms with E-state index in [1.165, 1.54) is 21.6 Å². The fraction of sp³-hybridized carbons (Fsp3) is 0.176. The number of para-hydroxylation sites is 1. The monoisotopic (exact) mass is 365 g/mol. The van der Waals surface area contributed by atoms with Gasteiger partial charge in [-0.25, -0.2) is 4.68 Å². The Morgan fingerprint density at radius 3 is 2.74 bits per heavy atom. The Morgan fingerprint density at radius 2 is 2.11 bits per heavy atom. The van der Waals surface area contributed by atoms with Gasteiger partial charge in [-0.2, -0.15) is 15.0 Å². The molecule has 0 atom stereocenters. The second kappa shape index (κ2) is 7.49. The smallest absolute Gasteiger partial charge is 0.358 e. The second-order valence-corrected chi connectivity index (χ2v) is 5.69. The third kappa shape index (κ3) is 3.82. The van der Waals surface area contributed by atoms with E-state index < -0.39 is 4.92 Å². The highest BCUT2D eigenvalue weighted by atomic mass is 16.6. The van der Waals surface area contributed by atoms with Crippen molar-refractivity contribution in [3.05, 3.63) is 64.0 Å². The van der Waals surface area contributed by atoms with Gasteiger partial charge in [-0.1, -0.05) is 18.2 Å². The lowest BCUT2D eigenvalue weighted by atomic mass is 10.3. The first kappa shape index (κ1) is 17.8. The number of amides is 1. The third-order valence-corrected chi connectivity index (χ3v) is 3.85. The fourth-order valence-corrected chi connectivity index (χ4v) is 2.53. The molecule has 0 spiro atoms. The number of nitrogens with one attached hydrogen (secondary N) is 1. The number of nitriles is 1. The summed E-state index contributed by atoms with van der Waals surface area (Å²) in [5, 5.41) is 30.7. The lowest BCUT2D eigenvalue weighted by molar-refractivity contribution is -0.389. The normalized spacial score (nSPS) is 10.4. The van der Waals surface area contributed by atoms with Gasteiger partial charge in [0.2, 0.25) is 5.91 Å². The van der Waals surface area contributed by atoms with Crippen molar-refractivity contribution in [2.75, 3.05) is 5.32 Å². The summed E-state index contributed by atoms with van der Waals surface area (Å²) in [5.74, 6) is -0.347. The molecule has 1 aromatic carbocycles. The van der Waals surface area contributed by atoms with Crippen LogP contribution in [-0.2, 0) is 11.3 Å². The van der Waals surface area contributed by atoms with Crippen LogP contribution in [0, 0.1) is 28.4 Å². The lowest BCUT2D eigenvalue weighted by Crippen LogP contribution is -2.18. The van der Waals surface area contributed by atoms with E-state index >= 15 is 0 Å². The van der Waals surface area contributed by atoms with Crippen molar-refractivity contribution in [1.29, 1.82) is 5.26 Å². The molecule has 136 valence electrons. The van der Waals surface area contributed by atoms with E-state index in [0.29, 0.717) is 11.4 Å². The molecule has 1 N–H and O–H groups in total. The first-order chi connectivity index (χ1) is 13.0. The van der Waals surface area contributed by atoms with Crippen LogP contribution < -0.4 is 5.32 Å². The Kier molecular flexibility index (Phi) is 4.94. The number of aryl methyl sites for hydroxylation is 2. The van der Waals surface area contributed by atoms with Crippen LogP contribution in [0.2, 0.25) is 0 Å². The van der Waals surface area contributed by atoms with Gasteiger partial charge in [0.25, 0.3) is 0 Å². The number of carbonyl (C=O) groups excluding carboxylic acids is 1. The van der Waals surface area contributed by atoms with Crippen LogP contribution in [-0.4, -0.2) is 30.4 Å². The van der Waals surface area contributed by atoms with Crippen molar-refractivity contribution in [3.63, 3.8) is 0 Å². The van der Waals surface area contributed by atoms with Gasteiger partial charge in [0, 0.05) is 6.42 Å². The number of aromatic nitrogens is 4. The highest BCUT2D eigenvalue weighted by molar-refractivity contribution is 5.91. The molecule has 27 heavy (non-hydrogen) atoms. The number of rotatable bonds is 6. The number of benzene rings is 1. The second-order valence-electron chi connectivity index (χ2n) is 5.69. The number of anilines is 1. The van der Waals surface area contributed by atoms with Crippen LogP contribution in [0.5, 0.6) is 0 Å². The molecule has 0 bridgehead atoms. The standard InChI is InChI=1S/C17H15N7O3/c1-12-9-15(24(26)27)21-22(12)8-7-16(25)20-17-13(10-18)11-19-23(17)14-5-3-2-4-6-14/h2-6,9,11H,7-8H2,1H3,(H,20,25). The molecule has 0 fully saturated rings. The van der Waals surface area contributed by atoms with Crippen molar-refractivity contribution in [3.8, 4) is 11.8 Å². The summed E-state index contributed by atoms with van der Waals surface area (Å²) in [7, 11) is 0. The molecule has 0 aliphatic rings. The highest BCUT2D eigenvalue weighted by Gasteiger charge is 2.18. The molecule has 10 heteroatoms. The molecular weight excluding hydrogens is 350 g/mol. The SMILES string of the molecule is Cc1cc([N+](=O)[O-])nn1CCC(=O)Nc1c(C#N)cnn1-c1ccccc1. The zero-order valence-corrected chi connectivity index (χ0v) is 14.4. The quantitative estimate of drug-likeness (QED) is 0.526. The number of hydrogen-bond donors (Lipinski definition) is 1. The summed E-state index contributed by atoms with van der Waals surface area (Å²) in [6, 6.07) is 12.4. The van der Waals surface area contributed by atoms with Crippen molar-refractivity contribution in [1.82, 2.24) is 19.6 Å². The molecule has 0 saturated carbocycles. The molecule has 0 aliphatic heterocycles. The van der Waals surface area contributed by atoms with Crippen LogP contribution in [0.15, 0.2) is 42.6 Å². The topological polar surface area (TPSA) is 132 Å². The molecule has 2 aromatic heterocycles. The van der Waals surface area contributed by atoms with Gasteiger partial charge < -0.3 is 15.4 Å². The maximum atomic E-state index is 12.4. The van der Waals surface area contributed by atoms with Crippen molar-refractivity contribution >= 4 is 17.5 Å².